The molecule has 0 spiro atoms. The van der Waals surface area contributed by atoms with E-state index in [1.807, 2.05) is 0 Å². The molecule has 0 saturated carbocycles. The molecule has 0 amide bonds. The van der Waals surface area contributed by atoms with E-state index in [2.05, 4.69) is 6.92 Å². The Labute approximate surface area is 113 Å². The van der Waals surface area contributed by atoms with Crippen molar-refractivity contribution in [3.8, 4) is 5.75 Å². The fourth-order valence-corrected chi connectivity index (χ4v) is 1.78. The maximum atomic E-state index is 9.84. The van der Waals surface area contributed by atoms with Crippen LogP contribution < -0.4 is 5.73 Å². The van der Waals surface area contributed by atoms with E-state index >= 15 is 0 Å². The van der Waals surface area contributed by atoms with Crippen molar-refractivity contribution >= 4 is 24.0 Å². The second-order valence-corrected chi connectivity index (χ2v) is 4.32. The highest BCUT2D eigenvalue weighted by atomic mass is 35.5. The monoisotopic (exact) mass is 279 g/mol. The number of benzene rings is 1. The zero-order valence-corrected chi connectivity index (χ0v) is 11.3. The highest BCUT2D eigenvalue weighted by Gasteiger charge is 2.20. The van der Waals surface area contributed by atoms with Crippen LogP contribution in [0.1, 0.15) is 37.8 Å². The average molecular weight is 280 g/mol. The van der Waals surface area contributed by atoms with Crippen molar-refractivity contribution in [3.05, 3.63) is 28.8 Å². The van der Waals surface area contributed by atoms with Crippen LogP contribution in [0.15, 0.2) is 18.2 Å². The lowest BCUT2D eigenvalue weighted by molar-refractivity contribution is 0.131. The van der Waals surface area contributed by atoms with Crippen LogP contribution in [0.2, 0.25) is 5.02 Å². The molecular weight excluding hydrogens is 261 g/mol. The zero-order valence-electron chi connectivity index (χ0n) is 9.77. The van der Waals surface area contributed by atoms with Gasteiger partial charge in [-0.05, 0) is 12.5 Å². The molecule has 0 aliphatic heterocycles. The molecule has 17 heavy (non-hydrogen) atoms. The van der Waals surface area contributed by atoms with Gasteiger partial charge in [0.05, 0.1) is 17.2 Å². The van der Waals surface area contributed by atoms with Gasteiger partial charge in [0.15, 0.2) is 0 Å². The van der Waals surface area contributed by atoms with Crippen LogP contribution in [0.5, 0.6) is 5.75 Å². The largest absolute Gasteiger partial charge is 0.506 e. The predicted octanol–water partition coefficient (Wildman–Crippen LogP) is 3.02. The first kappa shape index (κ1) is 16.5. The summed E-state index contributed by atoms with van der Waals surface area (Å²) in [6.07, 6.45) is 1.90. The smallest absolute Gasteiger partial charge is 0.139 e. The van der Waals surface area contributed by atoms with E-state index in [4.69, 9.17) is 17.3 Å². The van der Waals surface area contributed by atoms with Gasteiger partial charge in [-0.3, -0.25) is 0 Å². The molecule has 0 bridgehead atoms. The van der Waals surface area contributed by atoms with Gasteiger partial charge >= 0.3 is 0 Å². The number of hydrogen-bond donors (Lipinski definition) is 3. The molecule has 1 aromatic rings. The predicted molar refractivity (Wildman–Crippen MR) is 72.8 cm³/mol. The molecule has 0 fully saturated rings. The van der Waals surface area contributed by atoms with Gasteiger partial charge in [-0.25, -0.2) is 0 Å². The Morgan fingerprint density at radius 1 is 1.41 bits per heavy atom. The number of aliphatic hydroxyl groups excluding tert-OH is 1. The van der Waals surface area contributed by atoms with Crippen LogP contribution in [-0.4, -0.2) is 16.3 Å². The number of unbranched alkanes of at least 4 members (excludes halogenated alkanes) is 1. The molecule has 5 heteroatoms. The number of aromatic hydroxyl groups is 1. The molecule has 98 valence electrons. The van der Waals surface area contributed by atoms with Crippen LogP contribution in [0.4, 0.5) is 0 Å². The maximum Gasteiger partial charge on any atom is 0.139 e. The normalized spacial score (nSPS) is 13.9. The number of halogens is 2. The summed E-state index contributed by atoms with van der Waals surface area (Å²) in [5.74, 6) is -0.0350. The minimum Gasteiger partial charge on any atom is -0.506 e. The minimum atomic E-state index is -0.649. The Hall–Kier alpha value is -0.480. The van der Waals surface area contributed by atoms with Gasteiger partial charge < -0.3 is 15.9 Å². The number of rotatable bonds is 5. The third-order valence-corrected chi connectivity index (χ3v) is 2.95. The second-order valence-electron chi connectivity index (χ2n) is 3.91. The number of hydrogen-bond acceptors (Lipinski definition) is 3. The van der Waals surface area contributed by atoms with Gasteiger partial charge in [0.25, 0.3) is 0 Å². The van der Waals surface area contributed by atoms with Gasteiger partial charge in [-0.2, -0.15) is 0 Å². The van der Waals surface area contributed by atoms with Gasteiger partial charge in [0, 0.05) is 5.56 Å². The molecule has 1 rings (SSSR count). The zero-order chi connectivity index (χ0) is 12.1. The lowest BCUT2D eigenvalue weighted by Gasteiger charge is -2.20. The summed E-state index contributed by atoms with van der Waals surface area (Å²) in [6, 6.07) is 4.39. The minimum absolute atomic E-state index is 0. The molecule has 0 aliphatic rings. The Morgan fingerprint density at radius 2 is 2.06 bits per heavy atom. The summed E-state index contributed by atoms with van der Waals surface area (Å²) in [5.41, 5.74) is 6.38. The highest BCUT2D eigenvalue weighted by Crippen LogP contribution is 2.32. The van der Waals surface area contributed by atoms with Gasteiger partial charge in [0.1, 0.15) is 5.75 Å². The van der Waals surface area contributed by atoms with Crippen molar-refractivity contribution in [2.24, 2.45) is 5.73 Å². The van der Waals surface area contributed by atoms with Gasteiger partial charge in [-0.1, -0.05) is 43.5 Å². The van der Waals surface area contributed by atoms with E-state index in [1.165, 1.54) is 0 Å². The number of phenols is 1. The van der Waals surface area contributed by atoms with E-state index in [1.54, 1.807) is 18.2 Å². The third-order valence-electron chi connectivity index (χ3n) is 2.65. The number of nitrogens with two attached hydrogens (primary N) is 1. The summed E-state index contributed by atoms with van der Waals surface area (Å²) >= 11 is 5.78. The van der Waals surface area contributed by atoms with Crippen LogP contribution in [0.25, 0.3) is 0 Å². The lowest BCUT2D eigenvalue weighted by Crippen LogP contribution is -2.26. The molecular formula is C12H19Cl2NO2. The Morgan fingerprint density at radius 3 is 2.65 bits per heavy atom. The summed E-state index contributed by atoms with van der Waals surface area (Å²) in [7, 11) is 0. The summed E-state index contributed by atoms with van der Waals surface area (Å²) in [5, 5.41) is 19.8. The van der Waals surface area contributed by atoms with Crippen molar-refractivity contribution in [2.45, 2.75) is 38.3 Å². The van der Waals surface area contributed by atoms with Crippen LogP contribution >= 0.6 is 24.0 Å². The lowest BCUT2D eigenvalue weighted by atomic mass is 9.98. The molecule has 3 nitrogen and oxygen atoms in total. The highest BCUT2D eigenvalue weighted by molar-refractivity contribution is 6.32. The number of phenolic OH excluding ortho intramolecular Hbond substituents is 1. The molecule has 0 heterocycles. The first-order valence-electron chi connectivity index (χ1n) is 5.49. The van der Waals surface area contributed by atoms with Crippen molar-refractivity contribution in [3.63, 3.8) is 0 Å². The summed E-state index contributed by atoms with van der Waals surface area (Å²) < 4.78 is 0. The Kier molecular flexibility index (Phi) is 7.55. The number of para-hydroxylation sites is 1. The average Bonchev–Trinajstić information content (AvgIpc) is 2.28. The summed E-state index contributed by atoms with van der Waals surface area (Å²) in [6.45, 7) is 2.05. The molecule has 1 aromatic carbocycles. The standard InChI is InChI=1S/C12H18ClNO2.ClH/c1-2-3-7-10(15)11(14)8-5-4-6-9(13)12(8)16;/h4-6,10-11,15-16H,2-3,7,14H2,1H3;1H/t10-,11+;/m0./s1. The molecule has 0 radical (unpaired) electrons. The number of aliphatic hydroxyl groups is 1. The van der Waals surface area contributed by atoms with Gasteiger partial charge in [0.2, 0.25) is 0 Å². The van der Waals surface area contributed by atoms with Crippen LogP contribution in [-0.2, 0) is 0 Å². The van der Waals surface area contributed by atoms with Crippen molar-refractivity contribution < 1.29 is 10.2 Å². The third kappa shape index (κ3) is 4.36. The molecule has 0 aromatic heterocycles. The first-order chi connectivity index (χ1) is 7.57. The fraction of sp³-hybridized carbons (Fsp3) is 0.500. The van der Waals surface area contributed by atoms with Crippen molar-refractivity contribution in [1.29, 1.82) is 0 Å². The molecule has 4 N–H and O–H groups in total. The van der Waals surface area contributed by atoms with E-state index in [0.29, 0.717) is 12.0 Å². The molecule has 0 saturated heterocycles. The SMILES string of the molecule is CCCC[C@H](O)[C@H](N)c1cccc(Cl)c1O.Cl. The van der Waals surface area contributed by atoms with Gasteiger partial charge in [-0.15, -0.1) is 12.4 Å². The quantitative estimate of drug-likeness (QED) is 0.776. The summed E-state index contributed by atoms with van der Waals surface area (Å²) in [4.78, 5) is 0. The van der Waals surface area contributed by atoms with Crippen LogP contribution in [0.3, 0.4) is 0 Å². The molecule has 0 unspecified atom stereocenters. The fourth-order valence-electron chi connectivity index (χ4n) is 1.60. The molecule has 0 aliphatic carbocycles. The van der Waals surface area contributed by atoms with E-state index in [0.717, 1.165) is 12.8 Å². The van der Waals surface area contributed by atoms with Crippen molar-refractivity contribution in [2.75, 3.05) is 0 Å². The van der Waals surface area contributed by atoms with Crippen LogP contribution in [0, 0.1) is 0 Å². The van der Waals surface area contributed by atoms with E-state index in [-0.39, 0.29) is 23.2 Å². The van der Waals surface area contributed by atoms with E-state index in [9.17, 15) is 10.2 Å². The van der Waals surface area contributed by atoms with E-state index < -0.39 is 12.1 Å². The Bertz CT molecular complexity index is 347. The topological polar surface area (TPSA) is 66.5 Å². The van der Waals surface area contributed by atoms with Crippen molar-refractivity contribution in [1.82, 2.24) is 0 Å². The molecule has 2 atom stereocenters. The Balaban J connectivity index is 0.00000256. The maximum absolute atomic E-state index is 9.84. The second kappa shape index (κ2) is 7.77. The first-order valence-corrected chi connectivity index (χ1v) is 5.86.